The van der Waals surface area contributed by atoms with Gasteiger partial charge in [0.15, 0.2) is 0 Å². The quantitative estimate of drug-likeness (QED) is 0.810. The molecule has 0 fully saturated rings. The van der Waals surface area contributed by atoms with Gasteiger partial charge in [0.25, 0.3) is 0 Å². The summed E-state index contributed by atoms with van der Waals surface area (Å²) >= 11 is 7.24. The molecule has 0 saturated heterocycles. The summed E-state index contributed by atoms with van der Waals surface area (Å²) in [5, 5.41) is 11.7. The smallest absolute Gasteiger partial charge is 0.331 e. The summed E-state index contributed by atoms with van der Waals surface area (Å²) in [5.41, 5.74) is 0.444. The van der Waals surface area contributed by atoms with Crippen LogP contribution >= 0.6 is 23.5 Å². The van der Waals surface area contributed by atoms with Gasteiger partial charge in [-0.2, -0.15) is 5.26 Å². The second-order valence-electron chi connectivity index (χ2n) is 3.81. The number of nitriles is 1. The van der Waals surface area contributed by atoms with E-state index in [1.807, 2.05) is 6.07 Å². The molecule has 1 rings (SSSR count). The summed E-state index contributed by atoms with van der Waals surface area (Å²) in [4.78, 5) is 12.2. The summed E-state index contributed by atoms with van der Waals surface area (Å²) < 4.78 is 11.8. The number of benzene rings is 1. The first kappa shape index (κ1) is 17.3. The lowest BCUT2D eigenvalue weighted by Crippen LogP contribution is -2.29. The predicted octanol–water partition coefficient (Wildman–Crippen LogP) is 3.38. The van der Waals surface area contributed by atoms with E-state index in [9.17, 15) is 4.79 Å². The zero-order chi connectivity index (χ0) is 15.8. The monoisotopic (exact) mass is 329 g/mol. The molecule has 0 atom stereocenters. The molecule has 0 radical (unpaired) electrons. The number of methoxy groups -OCH3 is 2. The van der Waals surface area contributed by atoms with Crippen molar-refractivity contribution in [2.45, 2.75) is 6.42 Å². The molecule has 0 bridgehead atoms. The van der Waals surface area contributed by atoms with Crippen LogP contribution in [0.5, 0.6) is 11.5 Å². The largest absolute Gasteiger partial charge is 0.495 e. The highest BCUT2D eigenvalue weighted by atomic mass is 35.5. The van der Waals surface area contributed by atoms with Crippen molar-refractivity contribution in [1.82, 2.24) is 4.31 Å². The fourth-order valence-electron chi connectivity index (χ4n) is 1.56. The number of carbonyl (C=O) groups is 1. The molecule has 21 heavy (non-hydrogen) atoms. The van der Waals surface area contributed by atoms with Crippen LogP contribution in [0.3, 0.4) is 0 Å². The van der Waals surface area contributed by atoms with E-state index in [0.29, 0.717) is 28.8 Å². The molecular weight excluding hydrogens is 314 g/mol. The van der Waals surface area contributed by atoms with Crippen LogP contribution in [0.15, 0.2) is 12.1 Å². The molecule has 2 amide bonds. The van der Waals surface area contributed by atoms with Gasteiger partial charge in [0.1, 0.15) is 11.5 Å². The van der Waals surface area contributed by atoms with Gasteiger partial charge < -0.3 is 14.8 Å². The molecule has 0 heterocycles. The zero-order valence-electron chi connectivity index (χ0n) is 12.0. The van der Waals surface area contributed by atoms with Crippen LogP contribution in [0.1, 0.15) is 6.42 Å². The Morgan fingerprint density at radius 1 is 1.43 bits per heavy atom. The number of anilines is 1. The SMILES string of the molecule is COc1cc(NC(=O)N(CCC#N)SC)c(OC)cc1Cl. The topological polar surface area (TPSA) is 74.6 Å². The lowest BCUT2D eigenvalue weighted by Gasteiger charge is -2.20. The maximum atomic E-state index is 12.2. The van der Waals surface area contributed by atoms with Gasteiger partial charge in [-0.05, 0) is 11.9 Å². The molecule has 1 aromatic rings. The van der Waals surface area contributed by atoms with Crippen molar-refractivity contribution < 1.29 is 14.3 Å². The highest BCUT2D eigenvalue weighted by Crippen LogP contribution is 2.36. The maximum Gasteiger partial charge on any atom is 0.331 e. The van der Waals surface area contributed by atoms with Crippen LogP contribution < -0.4 is 14.8 Å². The molecule has 6 nitrogen and oxygen atoms in total. The van der Waals surface area contributed by atoms with E-state index in [0.717, 1.165) is 0 Å². The molecule has 8 heteroatoms. The number of carbonyl (C=O) groups excluding carboxylic acids is 1. The Hall–Kier alpha value is -1.78. The summed E-state index contributed by atoms with van der Waals surface area (Å²) in [6.07, 6.45) is 2.02. The fraction of sp³-hybridized carbons (Fsp3) is 0.385. The minimum atomic E-state index is -0.347. The molecule has 114 valence electrons. The third kappa shape index (κ3) is 4.62. The van der Waals surface area contributed by atoms with Crippen LogP contribution in [0.2, 0.25) is 5.02 Å². The van der Waals surface area contributed by atoms with Crippen LogP contribution in [0, 0.1) is 11.3 Å². The van der Waals surface area contributed by atoms with E-state index >= 15 is 0 Å². The lowest BCUT2D eigenvalue weighted by molar-refractivity contribution is 0.239. The van der Waals surface area contributed by atoms with Crippen LogP contribution in [0.25, 0.3) is 0 Å². The summed E-state index contributed by atoms with van der Waals surface area (Å²) in [6.45, 7) is 0.330. The molecule has 0 saturated carbocycles. The number of urea groups is 1. The van der Waals surface area contributed by atoms with Gasteiger partial charge >= 0.3 is 6.03 Å². The Balaban J connectivity index is 2.95. The van der Waals surface area contributed by atoms with Crippen molar-refractivity contribution in [2.75, 3.05) is 32.3 Å². The predicted molar refractivity (Wildman–Crippen MR) is 84.0 cm³/mol. The number of amides is 2. The van der Waals surface area contributed by atoms with Crippen molar-refractivity contribution in [3.8, 4) is 17.6 Å². The molecule has 0 spiro atoms. The van der Waals surface area contributed by atoms with Crippen molar-refractivity contribution in [3.05, 3.63) is 17.2 Å². The van der Waals surface area contributed by atoms with Crippen LogP contribution in [-0.2, 0) is 0 Å². The van der Waals surface area contributed by atoms with Gasteiger partial charge in [-0.25, -0.2) is 4.79 Å². The molecule has 1 aromatic carbocycles. The van der Waals surface area contributed by atoms with E-state index < -0.39 is 0 Å². The van der Waals surface area contributed by atoms with Crippen LogP contribution in [-0.4, -0.2) is 37.4 Å². The summed E-state index contributed by atoms with van der Waals surface area (Å²) in [7, 11) is 2.97. The second-order valence-corrected chi connectivity index (χ2v) is 5.02. The second kappa shape index (κ2) is 8.49. The minimum absolute atomic E-state index is 0.259. The first-order valence-corrected chi connectivity index (χ1v) is 7.54. The first-order chi connectivity index (χ1) is 10.1. The van der Waals surface area contributed by atoms with Gasteiger partial charge in [0.2, 0.25) is 0 Å². The Labute approximate surface area is 133 Å². The van der Waals surface area contributed by atoms with E-state index in [-0.39, 0.29) is 12.5 Å². The third-order valence-corrected chi connectivity index (χ3v) is 3.67. The number of nitrogens with zero attached hydrogens (tertiary/aromatic N) is 2. The Morgan fingerprint density at radius 3 is 2.62 bits per heavy atom. The van der Waals surface area contributed by atoms with Gasteiger partial charge in [0, 0.05) is 24.9 Å². The number of halogens is 1. The number of ether oxygens (including phenoxy) is 2. The summed E-state index contributed by atoms with van der Waals surface area (Å²) in [6, 6.07) is 4.80. The number of nitrogens with one attached hydrogen (secondary N) is 1. The van der Waals surface area contributed by atoms with E-state index in [1.54, 1.807) is 18.4 Å². The van der Waals surface area contributed by atoms with Gasteiger partial charge in [-0.15, -0.1) is 0 Å². The average molecular weight is 330 g/mol. The Kier molecular flexibility index (Phi) is 6.99. The zero-order valence-corrected chi connectivity index (χ0v) is 13.5. The first-order valence-electron chi connectivity index (χ1n) is 5.98. The lowest BCUT2D eigenvalue weighted by atomic mass is 10.2. The van der Waals surface area contributed by atoms with E-state index in [2.05, 4.69) is 5.32 Å². The number of hydrogen-bond donors (Lipinski definition) is 1. The highest BCUT2D eigenvalue weighted by Gasteiger charge is 2.16. The van der Waals surface area contributed by atoms with Crippen molar-refractivity contribution in [3.63, 3.8) is 0 Å². The van der Waals surface area contributed by atoms with E-state index in [4.69, 9.17) is 26.3 Å². The van der Waals surface area contributed by atoms with Gasteiger partial charge in [0.05, 0.1) is 37.4 Å². The van der Waals surface area contributed by atoms with Crippen LogP contribution in [0.4, 0.5) is 10.5 Å². The fourth-order valence-corrected chi connectivity index (χ4v) is 2.28. The number of rotatable bonds is 6. The standard InChI is InChI=1S/C13H16ClN3O3S/c1-19-11-8-10(12(20-2)7-9(11)14)16-13(18)17(21-3)6-4-5-15/h7-8H,4,6H2,1-3H3,(H,16,18). The average Bonchev–Trinajstić information content (AvgIpc) is 2.49. The Bertz CT molecular complexity index is 548. The Morgan fingerprint density at radius 2 is 2.10 bits per heavy atom. The van der Waals surface area contributed by atoms with Crippen molar-refractivity contribution in [1.29, 1.82) is 5.26 Å². The van der Waals surface area contributed by atoms with Gasteiger partial charge in [-0.3, -0.25) is 4.31 Å². The van der Waals surface area contributed by atoms with E-state index in [1.165, 1.54) is 30.5 Å². The molecular formula is C13H16ClN3O3S. The molecule has 0 aliphatic heterocycles. The summed E-state index contributed by atoms with van der Waals surface area (Å²) in [5.74, 6) is 0.857. The molecule has 0 aliphatic carbocycles. The molecule has 0 unspecified atom stereocenters. The number of hydrogen-bond acceptors (Lipinski definition) is 5. The highest BCUT2D eigenvalue weighted by molar-refractivity contribution is 7.96. The van der Waals surface area contributed by atoms with Crippen molar-refractivity contribution in [2.24, 2.45) is 0 Å². The maximum absolute atomic E-state index is 12.2. The van der Waals surface area contributed by atoms with Crippen molar-refractivity contribution >= 4 is 35.3 Å². The molecule has 0 aliphatic rings. The molecule has 1 N–H and O–H groups in total. The van der Waals surface area contributed by atoms with Gasteiger partial charge in [-0.1, -0.05) is 11.6 Å². The minimum Gasteiger partial charge on any atom is -0.495 e. The normalized spacial score (nSPS) is 9.67. The third-order valence-electron chi connectivity index (χ3n) is 2.59. The molecule has 0 aromatic heterocycles.